The van der Waals surface area contributed by atoms with Crippen LogP contribution in [0.2, 0.25) is 5.15 Å². The smallest absolute Gasteiger partial charge is 0.330 e. The lowest BCUT2D eigenvalue weighted by Crippen LogP contribution is -2.33. The number of halogens is 1. The molecule has 3 aromatic heterocycles. The van der Waals surface area contributed by atoms with Crippen LogP contribution in [0.5, 0.6) is 0 Å². The first-order valence-corrected chi connectivity index (χ1v) is 10.0. The number of likely N-dealkylation sites (N-methyl/N-ethyl adjacent to an activating group) is 1. The van der Waals surface area contributed by atoms with E-state index in [2.05, 4.69) is 40.6 Å². The molecule has 0 radical (unpaired) electrons. The summed E-state index contributed by atoms with van der Waals surface area (Å²) in [6.45, 7) is 11.8. The minimum Gasteiger partial charge on any atom is -0.368 e. The molecule has 9 heteroatoms. The minimum atomic E-state index is -0.196. The van der Waals surface area contributed by atoms with Gasteiger partial charge in [-0.25, -0.2) is 4.79 Å². The van der Waals surface area contributed by atoms with Crippen molar-refractivity contribution in [2.45, 2.75) is 53.8 Å². The molecule has 29 heavy (non-hydrogen) atoms. The third-order valence-electron chi connectivity index (χ3n) is 5.69. The van der Waals surface area contributed by atoms with Crippen LogP contribution in [0.25, 0.3) is 11.2 Å². The number of nitrogens with zero attached hydrogens (tertiary/aromatic N) is 6. The lowest BCUT2D eigenvalue weighted by atomic mass is 10.0. The molecule has 0 bridgehead atoms. The standard InChI is InChI=1S/C20H28ClN7O/c1-11(2)26(6)7-8-27-16-17(21)24-19(22)25-18(16)28(20(27)29)10-15-14(5)13(4)12(3)9-23-15/h9,11H,7-8,10H2,1-6H3,(H2,22,24,25). The zero-order chi connectivity index (χ0) is 21.5. The summed E-state index contributed by atoms with van der Waals surface area (Å²) in [5.74, 6) is 0.0393. The Morgan fingerprint density at radius 2 is 1.86 bits per heavy atom. The van der Waals surface area contributed by atoms with Gasteiger partial charge in [-0.2, -0.15) is 9.97 Å². The van der Waals surface area contributed by atoms with Crippen LogP contribution >= 0.6 is 11.6 Å². The lowest BCUT2D eigenvalue weighted by Gasteiger charge is -2.20. The van der Waals surface area contributed by atoms with Gasteiger partial charge in [-0.1, -0.05) is 11.6 Å². The number of aromatic nitrogens is 5. The molecule has 3 rings (SSSR count). The highest BCUT2D eigenvalue weighted by Gasteiger charge is 2.21. The molecule has 0 spiro atoms. The zero-order valence-electron chi connectivity index (χ0n) is 17.8. The Bertz CT molecular complexity index is 1120. The van der Waals surface area contributed by atoms with Crippen LogP contribution in [-0.2, 0) is 13.1 Å². The van der Waals surface area contributed by atoms with Gasteiger partial charge in [-0.3, -0.25) is 14.1 Å². The van der Waals surface area contributed by atoms with Gasteiger partial charge in [0, 0.05) is 25.3 Å². The van der Waals surface area contributed by atoms with Crippen molar-refractivity contribution in [3.8, 4) is 0 Å². The molecule has 3 aromatic rings. The van der Waals surface area contributed by atoms with Gasteiger partial charge in [0.1, 0.15) is 5.52 Å². The molecule has 156 valence electrons. The van der Waals surface area contributed by atoms with Gasteiger partial charge in [0.05, 0.1) is 12.2 Å². The van der Waals surface area contributed by atoms with Crippen LogP contribution in [0.15, 0.2) is 11.0 Å². The van der Waals surface area contributed by atoms with Crippen molar-refractivity contribution in [1.82, 2.24) is 29.0 Å². The number of fused-ring (bicyclic) bond motifs is 1. The normalized spacial score (nSPS) is 11.9. The van der Waals surface area contributed by atoms with E-state index in [1.54, 1.807) is 9.13 Å². The maximum Gasteiger partial charge on any atom is 0.330 e. The van der Waals surface area contributed by atoms with E-state index < -0.39 is 0 Å². The Morgan fingerprint density at radius 3 is 2.52 bits per heavy atom. The third-order valence-corrected chi connectivity index (χ3v) is 5.96. The fourth-order valence-corrected chi connectivity index (χ4v) is 3.51. The quantitative estimate of drug-likeness (QED) is 0.619. The summed E-state index contributed by atoms with van der Waals surface area (Å²) in [5, 5.41) is 0.181. The van der Waals surface area contributed by atoms with E-state index in [4.69, 9.17) is 17.3 Å². The number of rotatable bonds is 6. The summed E-state index contributed by atoms with van der Waals surface area (Å²) in [5.41, 5.74) is 10.7. The summed E-state index contributed by atoms with van der Waals surface area (Å²) in [6, 6.07) is 0.365. The van der Waals surface area contributed by atoms with Crippen molar-refractivity contribution in [2.24, 2.45) is 0 Å². The molecule has 0 aromatic carbocycles. The predicted octanol–water partition coefficient (Wildman–Crippen LogP) is 2.54. The fraction of sp³-hybridized carbons (Fsp3) is 0.500. The van der Waals surface area contributed by atoms with E-state index in [1.165, 1.54) is 0 Å². The second kappa shape index (κ2) is 8.12. The van der Waals surface area contributed by atoms with E-state index in [9.17, 15) is 4.79 Å². The van der Waals surface area contributed by atoms with Crippen molar-refractivity contribution in [2.75, 3.05) is 19.3 Å². The van der Waals surface area contributed by atoms with Crippen molar-refractivity contribution < 1.29 is 0 Å². The molecular formula is C20H28ClN7O. The molecule has 0 amide bonds. The maximum atomic E-state index is 13.3. The van der Waals surface area contributed by atoms with Gasteiger partial charge >= 0.3 is 5.69 Å². The van der Waals surface area contributed by atoms with Crippen LogP contribution < -0.4 is 11.4 Å². The van der Waals surface area contributed by atoms with Crippen LogP contribution in [0.3, 0.4) is 0 Å². The Morgan fingerprint density at radius 1 is 1.17 bits per heavy atom. The van der Waals surface area contributed by atoms with Crippen LogP contribution in [0.4, 0.5) is 5.95 Å². The fourth-order valence-electron chi connectivity index (χ4n) is 3.24. The number of hydrogen-bond acceptors (Lipinski definition) is 6. The predicted molar refractivity (Wildman–Crippen MR) is 117 cm³/mol. The molecular weight excluding hydrogens is 390 g/mol. The van der Waals surface area contributed by atoms with E-state index in [-0.39, 0.29) is 16.8 Å². The molecule has 0 saturated carbocycles. The maximum absolute atomic E-state index is 13.3. The van der Waals surface area contributed by atoms with E-state index in [1.807, 2.05) is 27.1 Å². The largest absolute Gasteiger partial charge is 0.368 e. The number of nitrogens with two attached hydrogens (primary N) is 1. The molecule has 0 saturated heterocycles. The Labute approximate surface area is 175 Å². The van der Waals surface area contributed by atoms with E-state index in [0.29, 0.717) is 36.8 Å². The minimum absolute atomic E-state index is 0.0393. The van der Waals surface area contributed by atoms with Crippen molar-refractivity contribution in [3.63, 3.8) is 0 Å². The van der Waals surface area contributed by atoms with Crippen LogP contribution in [0, 0.1) is 20.8 Å². The zero-order valence-corrected chi connectivity index (χ0v) is 18.6. The number of aryl methyl sites for hydroxylation is 1. The second-order valence-corrected chi connectivity index (χ2v) is 8.14. The Hall–Kier alpha value is -2.45. The molecule has 0 aliphatic rings. The molecule has 8 nitrogen and oxygen atoms in total. The van der Waals surface area contributed by atoms with Crippen molar-refractivity contribution in [1.29, 1.82) is 0 Å². The average molecular weight is 418 g/mol. The highest BCUT2D eigenvalue weighted by atomic mass is 35.5. The first kappa shape index (κ1) is 21.3. The van der Waals surface area contributed by atoms with Gasteiger partial charge in [0.25, 0.3) is 0 Å². The summed E-state index contributed by atoms with van der Waals surface area (Å²) in [7, 11) is 2.02. The second-order valence-electron chi connectivity index (χ2n) is 7.78. The van der Waals surface area contributed by atoms with Gasteiger partial charge < -0.3 is 10.6 Å². The average Bonchev–Trinajstić information content (AvgIpc) is 2.91. The number of anilines is 1. The topological polar surface area (TPSA) is 94.9 Å². The van der Waals surface area contributed by atoms with Gasteiger partial charge in [0.15, 0.2) is 10.8 Å². The monoisotopic (exact) mass is 417 g/mol. The molecule has 0 fully saturated rings. The molecule has 0 unspecified atom stereocenters. The Balaban J connectivity index is 2.14. The highest BCUT2D eigenvalue weighted by Crippen LogP contribution is 2.22. The summed E-state index contributed by atoms with van der Waals surface area (Å²) < 4.78 is 3.21. The van der Waals surface area contributed by atoms with E-state index in [0.717, 1.165) is 22.4 Å². The van der Waals surface area contributed by atoms with Crippen LogP contribution in [0.1, 0.15) is 36.2 Å². The molecule has 0 aliphatic heterocycles. The number of nitrogen functional groups attached to an aromatic ring is 1. The van der Waals surface area contributed by atoms with Crippen molar-refractivity contribution in [3.05, 3.63) is 44.2 Å². The van der Waals surface area contributed by atoms with Crippen LogP contribution in [-0.4, -0.2) is 48.6 Å². The number of hydrogen-bond donors (Lipinski definition) is 1. The van der Waals surface area contributed by atoms with Gasteiger partial charge in [-0.05, 0) is 58.4 Å². The summed E-state index contributed by atoms with van der Waals surface area (Å²) in [6.07, 6.45) is 1.83. The Kier molecular flexibility index (Phi) is 5.95. The summed E-state index contributed by atoms with van der Waals surface area (Å²) in [4.78, 5) is 28.4. The van der Waals surface area contributed by atoms with Crippen molar-refractivity contribution >= 4 is 28.7 Å². The number of imidazole rings is 1. The summed E-state index contributed by atoms with van der Waals surface area (Å²) >= 11 is 6.38. The molecule has 2 N–H and O–H groups in total. The van der Waals surface area contributed by atoms with E-state index >= 15 is 0 Å². The first-order chi connectivity index (χ1) is 13.6. The number of pyridine rings is 1. The third kappa shape index (κ3) is 4.00. The highest BCUT2D eigenvalue weighted by molar-refractivity contribution is 6.33. The van der Waals surface area contributed by atoms with Gasteiger partial charge in [0.2, 0.25) is 5.95 Å². The molecule has 0 atom stereocenters. The SMILES string of the molecule is Cc1cnc(Cn2c(=O)n(CCN(C)C(C)C)c3c(Cl)nc(N)nc32)c(C)c1C. The molecule has 3 heterocycles. The first-order valence-electron chi connectivity index (χ1n) is 9.65. The lowest BCUT2D eigenvalue weighted by molar-refractivity contribution is 0.262. The molecule has 0 aliphatic carbocycles. The van der Waals surface area contributed by atoms with Gasteiger partial charge in [-0.15, -0.1) is 0 Å².